The van der Waals surface area contributed by atoms with Crippen molar-refractivity contribution in [3.8, 4) is 33.1 Å². The first-order valence-electron chi connectivity index (χ1n) is 21.3. The number of phenolic OH excluding ortho intramolecular Hbond substituents is 1. The van der Waals surface area contributed by atoms with Crippen LogP contribution in [0.4, 0.5) is 0 Å². The number of pyridine rings is 1. The molecule has 0 fully saturated rings. The largest absolute Gasteiger partial charge is 0.511 e. The average Bonchev–Trinajstić information content (AvgIpc) is 3.85. The van der Waals surface area contributed by atoms with Gasteiger partial charge in [0.2, 0.25) is 0 Å². The predicted molar refractivity (Wildman–Crippen MR) is 258 cm³/mol. The van der Waals surface area contributed by atoms with E-state index in [-0.39, 0.29) is 22.0 Å². The molecule has 0 spiro atoms. The van der Waals surface area contributed by atoms with E-state index in [1.54, 1.807) is 11.3 Å². The van der Waals surface area contributed by atoms with Crippen LogP contribution in [0.1, 0.15) is 79.0 Å². The zero-order chi connectivity index (χ0) is 42.6. The first-order chi connectivity index (χ1) is 29.1. The fourth-order valence-electron chi connectivity index (χ4n) is 9.12. The van der Waals surface area contributed by atoms with Crippen LogP contribution in [-0.2, 0) is 16.2 Å². The number of benzene rings is 6. The van der Waals surface area contributed by atoms with Gasteiger partial charge < -0.3 is 5.11 Å². The smallest absolute Gasteiger partial charge is 0.270 e. The summed E-state index contributed by atoms with van der Waals surface area (Å²) in [5.41, 5.74) is 9.89. The van der Waals surface area contributed by atoms with Gasteiger partial charge >= 0.3 is 0 Å². The molecule has 0 saturated heterocycles. The molecule has 5 heteroatoms. The number of thiophene rings is 1. The number of aromatic hydroxyl groups is 1. The number of rotatable bonds is 3. The second-order valence-electron chi connectivity index (χ2n) is 19.7. The van der Waals surface area contributed by atoms with Gasteiger partial charge in [0.1, 0.15) is 11.4 Å². The van der Waals surface area contributed by atoms with Gasteiger partial charge in [0.25, 0.3) is 6.33 Å². The summed E-state index contributed by atoms with van der Waals surface area (Å²) in [5, 5.41) is 20.3. The maximum absolute atomic E-state index is 12.3. The van der Waals surface area contributed by atoms with Crippen LogP contribution >= 0.6 is 11.3 Å². The van der Waals surface area contributed by atoms with Crippen molar-refractivity contribution in [1.82, 2.24) is 9.38 Å². The fraction of sp³-hybridized carbons (Fsp3) is 0.214. The molecular formula is C56H51N3OS. The predicted octanol–water partition coefficient (Wildman–Crippen LogP) is 14.7. The Hall–Kier alpha value is -6.30. The van der Waals surface area contributed by atoms with Crippen LogP contribution in [0.2, 0.25) is 0 Å². The van der Waals surface area contributed by atoms with Crippen LogP contribution < -0.4 is 4.57 Å². The third kappa shape index (κ3) is 6.49. The summed E-state index contributed by atoms with van der Waals surface area (Å²) in [5.74, 6) is 0.274. The molecule has 10 aromatic rings. The molecule has 1 N–H and O–H groups in total. The van der Waals surface area contributed by atoms with Gasteiger partial charge in [-0.1, -0.05) is 172 Å². The minimum absolute atomic E-state index is 0.0243. The highest BCUT2D eigenvalue weighted by molar-refractivity contribution is 7.22. The average molecular weight is 814 g/mol. The standard InChI is InChI=1S/C56H51N3OS/c1-54(2,3)36-30-45(56(7,8)9)53(60)49(31-36)58-33-59-48-28-34(46-27-35-29-50(61-51(35)32-57-46)43-21-14-15-23-44(43)55(4,5)6)25-26-41(48)39-19-12-10-17-37(39)38-18-11-13-20-40(38)42-22-16-24-47(58)52(42)59/h10-32,60H,1-9H3. The summed E-state index contributed by atoms with van der Waals surface area (Å²) >= 11 is 1.80. The van der Waals surface area contributed by atoms with Gasteiger partial charge in [-0.05, 0) is 106 Å². The Morgan fingerprint density at radius 1 is 0.590 bits per heavy atom. The highest BCUT2D eigenvalue weighted by Crippen LogP contribution is 2.42. The molecule has 0 bridgehead atoms. The molecule has 0 atom stereocenters. The Morgan fingerprint density at radius 2 is 1.21 bits per heavy atom. The van der Waals surface area contributed by atoms with Crippen LogP contribution in [0, 0.1) is 6.33 Å². The molecule has 0 aliphatic rings. The van der Waals surface area contributed by atoms with Crippen LogP contribution in [0.25, 0.3) is 86.3 Å². The van der Waals surface area contributed by atoms with E-state index in [4.69, 9.17) is 4.98 Å². The second kappa shape index (κ2) is 13.9. The van der Waals surface area contributed by atoms with Crippen molar-refractivity contribution in [2.24, 2.45) is 0 Å². The first kappa shape index (κ1) is 38.9. The molecule has 0 unspecified atom stereocenters. The molecule has 61 heavy (non-hydrogen) atoms. The van der Waals surface area contributed by atoms with Crippen LogP contribution in [-0.4, -0.2) is 14.5 Å². The molecule has 10 rings (SSSR count). The summed E-state index contributed by atoms with van der Waals surface area (Å²) in [6, 6.07) is 48.4. The molecule has 6 aromatic carbocycles. The van der Waals surface area contributed by atoms with E-state index in [0.29, 0.717) is 0 Å². The summed E-state index contributed by atoms with van der Waals surface area (Å²) in [6.07, 6.45) is 5.90. The lowest BCUT2D eigenvalue weighted by Crippen LogP contribution is -2.31. The monoisotopic (exact) mass is 813 g/mol. The summed E-state index contributed by atoms with van der Waals surface area (Å²) in [4.78, 5) is 6.37. The van der Waals surface area contributed by atoms with Crippen molar-refractivity contribution in [2.75, 3.05) is 0 Å². The van der Waals surface area contributed by atoms with E-state index in [2.05, 4.69) is 211 Å². The van der Waals surface area contributed by atoms with Crippen LogP contribution in [0.3, 0.4) is 0 Å². The third-order valence-electron chi connectivity index (χ3n) is 12.3. The Morgan fingerprint density at radius 3 is 1.89 bits per heavy atom. The van der Waals surface area contributed by atoms with Gasteiger partial charge in [-0.3, -0.25) is 14.0 Å². The zero-order valence-corrected chi connectivity index (χ0v) is 37.3. The van der Waals surface area contributed by atoms with E-state index in [0.717, 1.165) is 66.2 Å². The molecule has 4 heterocycles. The first-order valence-corrected chi connectivity index (χ1v) is 22.1. The molecular weight excluding hydrogens is 763 g/mol. The summed E-state index contributed by atoms with van der Waals surface area (Å²) < 4.78 is 5.48. The maximum Gasteiger partial charge on any atom is 0.270 e. The molecule has 302 valence electrons. The maximum atomic E-state index is 12.3. The lowest BCUT2D eigenvalue weighted by Gasteiger charge is -2.27. The van der Waals surface area contributed by atoms with Crippen molar-refractivity contribution in [1.29, 1.82) is 0 Å². The van der Waals surface area contributed by atoms with Crippen molar-refractivity contribution in [3.63, 3.8) is 0 Å². The zero-order valence-electron chi connectivity index (χ0n) is 36.5. The van der Waals surface area contributed by atoms with E-state index >= 15 is 0 Å². The normalized spacial score (nSPS) is 12.7. The van der Waals surface area contributed by atoms with E-state index in [1.165, 1.54) is 36.9 Å². The molecule has 0 saturated carbocycles. The van der Waals surface area contributed by atoms with E-state index in [1.807, 2.05) is 6.20 Å². The molecule has 0 aliphatic carbocycles. The fourth-order valence-corrected chi connectivity index (χ4v) is 10.2. The van der Waals surface area contributed by atoms with Gasteiger partial charge in [0.05, 0.1) is 26.9 Å². The number of fused-ring (bicyclic) bond motifs is 8. The Balaban J connectivity index is 1.31. The van der Waals surface area contributed by atoms with Crippen molar-refractivity contribution in [2.45, 2.75) is 78.6 Å². The number of hydrogen-bond acceptors (Lipinski definition) is 3. The summed E-state index contributed by atoms with van der Waals surface area (Å²) in [6.45, 7) is 20.0. The van der Waals surface area contributed by atoms with Gasteiger partial charge in [-0.25, -0.2) is 0 Å². The van der Waals surface area contributed by atoms with Crippen LogP contribution in [0.5, 0.6) is 5.75 Å². The van der Waals surface area contributed by atoms with Gasteiger partial charge in [-0.2, -0.15) is 0 Å². The van der Waals surface area contributed by atoms with Crippen molar-refractivity contribution >= 4 is 70.3 Å². The third-order valence-corrected chi connectivity index (χ3v) is 13.5. The number of imidazole rings is 1. The Labute approximate surface area is 362 Å². The van der Waals surface area contributed by atoms with Crippen molar-refractivity contribution < 1.29 is 9.67 Å². The number of hydrogen-bond donors (Lipinski definition) is 1. The molecule has 4 aromatic heterocycles. The highest BCUT2D eigenvalue weighted by atomic mass is 32.1. The topological polar surface area (TPSA) is 41.4 Å². The SMILES string of the molecule is CC(C)(C)c1cc(-[n+]2[c-]n3c4cc(-c5cc6cc(-c7ccccc7C(C)(C)C)sc6cn5)ccc4c4ccccc4c4ccccc4c4cccc2c43)c(O)c(C(C)(C)C)c1. The number of para-hydroxylation sites is 1. The summed E-state index contributed by atoms with van der Waals surface area (Å²) in [7, 11) is 0. The Bertz CT molecular complexity index is 3440. The molecule has 4 nitrogen and oxygen atoms in total. The lowest BCUT2D eigenvalue weighted by atomic mass is 9.79. The second-order valence-corrected chi connectivity index (χ2v) is 20.8. The lowest BCUT2D eigenvalue weighted by molar-refractivity contribution is -0.572. The minimum atomic E-state index is -0.289. The molecule has 0 aliphatic heterocycles. The molecule has 0 radical (unpaired) electrons. The quantitative estimate of drug-likeness (QED) is 0.143. The highest BCUT2D eigenvalue weighted by Gasteiger charge is 2.27. The van der Waals surface area contributed by atoms with E-state index < -0.39 is 0 Å². The van der Waals surface area contributed by atoms with Gasteiger partial charge in [-0.15, -0.1) is 11.3 Å². The Kier molecular flexibility index (Phi) is 8.84. The van der Waals surface area contributed by atoms with Gasteiger partial charge in [0, 0.05) is 11.1 Å². The minimum Gasteiger partial charge on any atom is -0.511 e. The van der Waals surface area contributed by atoms with Crippen molar-refractivity contribution in [3.05, 3.63) is 163 Å². The number of phenols is 1. The van der Waals surface area contributed by atoms with Gasteiger partial charge in [0.15, 0.2) is 0 Å². The number of nitrogens with zero attached hydrogens (tertiary/aromatic N) is 3. The molecule has 0 amide bonds. The number of aromatic nitrogens is 3. The van der Waals surface area contributed by atoms with Crippen LogP contribution in [0.15, 0.2) is 140 Å². The van der Waals surface area contributed by atoms with E-state index in [9.17, 15) is 5.11 Å².